The van der Waals surface area contributed by atoms with Crippen molar-refractivity contribution in [2.75, 3.05) is 26.3 Å². The topological polar surface area (TPSA) is 66.8 Å². The standard InChI is InChI=1S/C9H14F3NO4/c1-2-13(4-3-8(15)16)7(14)5-17-6-9(10,11)12/h2-6H2,1H3,(H,15,16). The van der Waals surface area contributed by atoms with Crippen molar-refractivity contribution >= 4 is 11.9 Å². The Morgan fingerprint density at radius 2 is 1.94 bits per heavy atom. The van der Waals surface area contributed by atoms with Crippen LogP contribution in [0.1, 0.15) is 13.3 Å². The largest absolute Gasteiger partial charge is 0.481 e. The molecule has 0 atom stereocenters. The minimum absolute atomic E-state index is 0.0416. The summed E-state index contributed by atoms with van der Waals surface area (Å²) in [6, 6.07) is 0. The first-order valence-corrected chi connectivity index (χ1v) is 4.90. The SMILES string of the molecule is CCN(CCC(=O)O)C(=O)COCC(F)(F)F. The zero-order chi connectivity index (χ0) is 13.5. The Kier molecular flexibility index (Phi) is 6.55. The lowest BCUT2D eigenvalue weighted by Crippen LogP contribution is -2.36. The number of aliphatic carboxylic acids is 1. The third-order valence-corrected chi connectivity index (χ3v) is 1.82. The Morgan fingerprint density at radius 1 is 1.35 bits per heavy atom. The highest BCUT2D eigenvalue weighted by atomic mass is 19.4. The number of rotatable bonds is 7. The molecule has 0 rings (SSSR count). The van der Waals surface area contributed by atoms with E-state index in [9.17, 15) is 22.8 Å². The molecule has 1 N–H and O–H groups in total. The third kappa shape index (κ3) is 8.49. The number of carbonyl (C=O) groups excluding carboxylic acids is 1. The molecule has 0 fully saturated rings. The number of amides is 1. The predicted molar refractivity (Wildman–Crippen MR) is 51.4 cm³/mol. The van der Waals surface area contributed by atoms with Gasteiger partial charge < -0.3 is 14.7 Å². The van der Waals surface area contributed by atoms with Gasteiger partial charge in [-0.1, -0.05) is 0 Å². The number of hydrogen-bond donors (Lipinski definition) is 1. The third-order valence-electron chi connectivity index (χ3n) is 1.82. The molecule has 0 aliphatic rings. The predicted octanol–water partition coefficient (Wildman–Crippen LogP) is 0.888. The van der Waals surface area contributed by atoms with Gasteiger partial charge in [0.05, 0.1) is 6.42 Å². The molecule has 0 aliphatic heterocycles. The Balaban J connectivity index is 3.96. The van der Waals surface area contributed by atoms with Crippen LogP contribution in [0.25, 0.3) is 0 Å². The summed E-state index contributed by atoms with van der Waals surface area (Å²) in [6.07, 6.45) is -4.72. The van der Waals surface area contributed by atoms with Gasteiger partial charge in [0.25, 0.3) is 0 Å². The first-order valence-electron chi connectivity index (χ1n) is 4.90. The van der Waals surface area contributed by atoms with Crippen LogP contribution < -0.4 is 0 Å². The minimum Gasteiger partial charge on any atom is -0.481 e. The van der Waals surface area contributed by atoms with Crippen LogP contribution in [0.3, 0.4) is 0 Å². The second-order valence-corrected chi connectivity index (χ2v) is 3.23. The molecule has 100 valence electrons. The van der Waals surface area contributed by atoms with E-state index in [1.165, 1.54) is 0 Å². The number of ether oxygens (including phenoxy) is 1. The Hall–Kier alpha value is -1.31. The highest BCUT2D eigenvalue weighted by Crippen LogP contribution is 2.14. The molecule has 17 heavy (non-hydrogen) atoms. The molecule has 0 aromatic carbocycles. The normalized spacial score (nSPS) is 11.3. The van der Waals surface area contributed by atoms with Gasteiger partial charge in [0.15, 0.2) is 0 Å². The van der Waals surface area contributed by atoms with E-state index in [0.29, 0.717) is 0 Å². The zero-order valence-corrected chi connectivity index (χ0v) is 9.29. The van der Waals surface area contributed by atoms with Crippen molar-refractivity contribution in [1.82, 2.24) is 4.90 Å². The molecular formula is C9H14F3NO4. The second-order valence-electron chi connectivity index (χ2n) is 3.23. The molecule has 5 nitrogen and oxygen atoms in total. The number of halogens is 3. The maximum absolute atomic E-state index is 11.7. The van der Waals surface area contributed by atoms with Gasteiger partial charge in [0, 0.05) is 13.1 Å². The Labute approximate surface area is 96.1 Å². The van der Waals surface area contributed by atoms with E-state index in [1.54, 1.807) is 6.92 Å². The number of carboxylic acids is 1. The second kappa shape index (κ2) is 7.10. The lowest BCUT2D eigenvalue weighted by atomic mass is 10.3. The summed E-state index contributed by atoms with van der Waals surface area (Å²) >= 11 is 0. The van der Waals surface area contributed by atoms with Crippen LogP contribution >= 0.6 is 0 Å². The van der Waals surface area contributed by atoms with E-state index in [-0.39, 0.29) is 19.5 Å². The maximum atomic E-state index is 11.7. The molecular weight excluding hydrogens is 243 g/mol. The van der Waals surface area contributed by atoms with Crippen LogP contribution in [0, 0.1) is 0 Å². The van der Waals surface area contributed by atoms with Crippen molar-refractivity contribution in [3.63, 3.8) is 0 Å². The summed E-state index contributed by atoms with van der Waals surface area (Å²) in [5.41, 5.74) is 0. The van der Waals surface area contributed by atoms with Crippen LogP contribution in [-0.4, -0.2) is 54.4 Å². The summed E-state index contributed by atoms with van der Waals surface area (Å²) in [5.74, 6) is -1.73. The highest BCUT2D eigenvalue weighted by Gasteiger charge is 2.28. The summed E-state index contributed by atoms with van der Waals surface area (Å²) in [6.45, 7) is -0.409. The van der Waals surface area contributed by atoms with E-state index in [2.05, 4.69) is 4.74 Å². The van der Waals surface area contributed by atoms with E-state index in [4.69, 9.17) is 5.11 Å². The number of likely N-dealkylation sites (N-methyl/N-ethyl adjacent to an activating group) is 1. The fraction of sp³-hybridized carbons (Fsp3) is 0.778. The minimum atomic E-state index is -4.47. The molecule has 0 saturated heterocycles. The van der Waals surface area contributed by atoms with Gasteiger partial charge in [-0.25, -0.2) is 0 Å². The molecule has 0 bridgehead atoms. The molecule has 1 amide bonds. The molecule has 0 aromatic rings. The Morgan fingerprint density at radius 3 is 2.35 bits per heavy atom. The van der Waals surface area contributed by atoms with E-state index in [1.807, 2.05) is 0 Å². The molecule has 0 aromatic heterocycles. The molecule has 0 saturated carbocycles. The summed E-state index contributed by atoms with van der Waals surface area (Å²) < 4.78 is 39.3. The molecule has 0 spiro atoms. The molecule has 0 unspecified atom stereocenters. The smallest absolute Gasteiger partial charge is 0.411 e. The lowest BCUT2D eigenvalue weighted by Gasteiger charge is -2.20. The van der Waals surface area contributed by atoms with Crippen molar-refractivity contribution < 1.29 is 32.6 Å². The average molecular weight is 257 g/mol. The first kappa shape index (κ1) is 15.7. The fourth-order valence-electron chi connectivity index (χ4n) is 1.04. The van der Waals surface area contributed by atoms with Crippen LogP contribution in [0.2, 0.25) is 0 Å². The summed E-state index contributed by atoms with van der Waals surface area (Å²) in [4.78, 5) is 22.7. The van der Waals surface area contributed by atoms with Gasteiger partial charge >= 0.3 is 12.1 Å². The number of nitrogens with zero attached hydrogens (tertiary/aromatic N) is 1. The van der Waals surface area contributed by atoms with Crippen molar-refractivity contribution in [2.45, 2.75) is 19.5 Å². The van der Waals surface area contributed by atoms with Gasteiger partial charge in [0.1, 0.15) is 13.2 Å². The van der Waals surface area contributed by atoms with Gasteiger partial charge in [-0.3, -0.25) is 9.59 Å². The van der Waals surface area contributed by atoms with Crippen molar-refractivity contribution in [1.29, 1.82) is 0 Å². The van der Waals surface area contributed by atoms with Crippen molar-refractivity contribution in [2.24, 2.45) is 0 Å². The first-order chi connectivity index (χ1) is 7.76. The van der Waals surface area contributed by atoms with Crippen LogP contribution in [0.4, 0.5) is 13.2 Å². The van der Waals surface area contributed by atoms with Crippen molar-refractivity contribution in [3.8, 4) is 0 Å². The van der Waals surface area contributed by atoms with Crippen molar-refractivity contribution in [3.05, 3.63) is 0 Å². The monoisotopic (exact) mass is 257 g/mol. The average Bonchev–Trinajstić information content (AvgIpc) is 2.16. The molecule has 0 heterocycles. The molecule has 8 heteroatoms. The number of hydrogen-bond acceptors (Lipinski definition) is 3. The van der Waals surface area contributed by atoms with Gasteiger partial charge in [-0.2, -0.15) is 13.2 Å². The van der Waals surface area contributed by atoms with Gasteiger partial charge in [-0.15, -0.1) is 0 Å². The van der Waals surface area contributed by atoms with Gasteiger partial charge in [0.2, 0.25) is 5.91 Å². The number of carboxylic acid groups (broad SMARTS) is 1. The fourth-order valence-corrected chi connectivity index (χ4v) is 1.04. The van der Waals surface area contributed by atoms with E-state index >= 15 is 0 Å². The zero-order valence-electron chi connectivity index (χ0n) is 9.29. The summed E-state index contributed by atoms with van der Waals surface area (Å²) in [5, 5.41) is 8.40. The molecule has 0 radical (unpaired) electrons. The molecule has 0 aliphatic carbocycles. The van der Waals surface area contributed by atoms with Gasteiger partial charge in [-0.05, 0) is 6.92 Å². The van der Waals surface area contributed by atoms with E-state index < -0.39 is 31.3 Å². The van der Waals surface area contributed by atoms with Crippen LogP contribution in [-0.2, 0) is 14.3 Å². The lowest BCUT2D eigenvalue weighted by molar-refractivity contribution is -0.177. The van der Waals surface area contributed by atoms with Crippen LogP contribution in [0.5, 0.6) is 0 Å². The summed E-state index contributed by atoms with van der Waals surface area (Å²) in [7, 11) is 0. The Bertz CT molecular complexity index is 267. The quantitative estimate of drug-likeness (QED) is 0.735. The van der Waals surface area contributed by atoms with Crippen LogP contribution in [0.15, 0.2) is 0 Å². The number of alkyl halides is 3. The maximum Gasteiger partial charge on any atom is 0.411 e. The van der Waals surface area contributed by atoms with E-state index in [0.717, 1.165) is 4.90 Å². The number of carbonyl (C=O) groups is 2. The highest BCUT2D eigenvalue weighted by molar-refractivity contribution is 5.78.